The maximum absolute atomic E-state index is 11.5. The number of rotatable bonds is 3. The van der Waals surface area contributed by atoms with Crippen molar-refractivity contribution < 1.29 is 34.7 Å². The van der Waals surface area contributed by atoms with Crippen LogP contribution < -0.4 is 4.74 Å². The molecular formula is C26H30IrNO3-. The van der Waals surface area contributed by atoms with Gasteiger partial charge in [-0.3, -0.25) is 4.79 Å². The van der Waals surface area contributed by atoms with Crippen molar-refractivity contribution in [2.24, 2.45) is 10.8 Å². The van der Waals surface area contributed by atoms with Gasteiger partial charge in [-0.15, -0.1) is 12.1 Å². The van der Waals surface area contributed by atoms with Gasteiger partial charge in [-0.1, -0.05) is 65.8 Å². The van der Waals surface area contributed by atoms with E-state index in [-0.39, 0.29) is 37.1 Å². The van der Waals surface area contributed by atoms with Crippen LogP contribution >= 0.6 is 0 Å². The summed E-state index contributed by atoms with van der Waals surface area (Å²) in [7, 11) is 0. The van der Waals surface area contributed by atoms with Crippen LogP contribution in [0.1, 0.15) is 41.5 Å². The molecule has 0 unspecified atom stereocenters. The van der Waals surface area contributed by atoms with Crippen LogP contribution in [0.5, 0.6) is 11.6 Å². The van der Waals surface area contributed by atoms with E-state index in [1.54, 1.807) is 0 Å². The Kier molecular flexibility index (Phi) is 9.61. The Hall–Kier alpha value is -2.49. The van der Waals surface area contributed by atoms with Gasteiger partial charge >= 0.3 is 0 Å². The fraction of sp³-hybridized carbons (Fsp3) is 0.308. The number of aliphatic hydroxyl groups is 1. The van der Waals surface area contributed by atoms with E-state index in [0.717, 1.165) is 10.8 Å². The predicted octanol–water partition coefficient (Wildman–Crippen LogP) is 6.91. The number of ketones is 1. The van der Waals surface area contributed by atoms with Crippen LogP contribution in [0.3, 0.4) is 0 Å². The fourth-order valence-electron chi connectivity index (χ4n) is 2.23. The summed E-state index contributed by atoms with van der Waals surface area (Å²) < 4.78 is 5.62. The number of aliphatic hydroxyl groups excluding tert-OH is 1. The van der Waals surface area contributed by atoms with Gasteiger partial charge in [0, 0.05) is 60.4 Å². The second kappa shape index (κ2) is 11.2. The number of fused-ring (bicyclic) bond motifs is 1. The Morgan fingerprint density at radius 1 is 0.968 bits per heavy atom. The average Bonchev–Trinajstić information content (AvgIpc) is 2.68. The first-order valence-electron chi connectivity index (χ1n) is 9.92. The smallest absolute Gasteiger partial charge is 0.217 e. The van der Waals surface area contributed by atoms with Crippen molar-refractivity contribution in [3.63, 3.8) is 0 Å². The first-order valence-corrected chi connectivity index (χ1v) is 9.92. The molecule has 167 valence electrons. The van der Waals surface area contributed by atoms with Crippen molar-refractivity contribution in [1.82, 2.24) is 4.98 Å². The van der Waals surface area contributed by atoms with E-state index in [9.17, 15) is 9.90 Å². The first kappa shape index (κ1) is 26.5. The van der Waals surface area contributed by atoms with E-state index in [2.05, 4.69) is 11.1 Å². The monoisotopic (exact) mass is 597 g/mol. The van der Waals surface area contributed by atoms with Crippen LogP contribution in [0.15, 0.2) is 72.6 Å². The molecule has 3 rings (SSSR count). The van der Waals surface area contributed by atoms with Crippen LogP contribution in [0.25, 0.3) is 10.8 Å². The summed E-state index contributed by atoms with van der Waals surface area (Å²) in [5.74, 6) is 1.37. The SMILES string of the molecule is CC(C)(C)C(=O)C=C(O)C(C)(C)C.[Ir].[c-]1ccccc1Oc1cc2ccccc2cn1. The number of carbonyl (C=O) groups is 1. The van der Waals surface area contributed by atoms with E-state index in [1.165, 1.54) is 6.08 Å². The molecule has 31 heavy (non-hydrogen) atoms. The molecule has 1 aromatic heterocycles. The molecule has 0 saturated carbocycles. The van der Waals surface area contributed by atoms with Gasteiger partial charge in [-0.2, -0.15) is 18.2 Å². The maximum atomic E-state index is 11.5. The van der Waals surface area contributed by atoms with Gasteiger partial charge in [0.1, 0.15) is 5.76 Å². The van der Waals surface area contributed by atoms with Gasteiger partial charge in [0.25, 0.3) is 0 Å². The number of ether oxygens (including phenoxy) is 1. The van der Waals surface area contributed by atoms with Crippen molar-refractivity contribution in [2.75, 3.05) is 0 Å². The molecule has 0 atom stereocenters. The number of hydrogen-bond acceptors (Lipinski definition) is 4. The molecule has 1 N–H and O–H groups in total. The molecule has 4 nitrogen and oxygen atoms in total. The van der Waals surface area contributed by atoms with Gasteiger partial charge in [-0.05, 0) is 5.39 Å². The van der Waals surface area contributed by atoms with Crippen LogP contribution in [0.2, 0.25) is 0 Å². The fourth-order valence-corrected chi connectivity index (χ4v) is 2.23. The minimum Gasteiger partial charge on any atom is -0.512 e. The number of hydrogen-bond donors (Lipinski definition) is 1. The van der Waals surface area contributed by atoms with Crippen LogP contribution in [-0.4, -0.2) is 15.9 Å². The Balaban J connectivity index is 0.000000314. The molecule has 3 aromatic rings. The molecule has 1 radical (unpaired) electrons. The Labute approximate surface area is 198 Å². The van der Waals surface area contributed by atoms with Crippen LogP contribution in [0, 0.1) is 16.9 Å². The summed E-state index contributed by atoms with van der Waals surface area (Å²) in [6.45, 7) is 11.1. The van der Waals surface area contributed by atoms with Crippen molar-refractivity contribution >= 4 is 16.6 Å². The zero-order valence-electron chi connectivity index (χ0n) is 18.9. The minimum atomic E-state index is -0.417. The third kappa shape index (κ3) is 8.64. The molecule has 0 bridgehead atoms. The Bertz CT molecular complexity index is 1020. The van der Waals surface area contributed by atoms with Crippen molar-refractivity contribution in [3.05, 3.63) is 78.7 Å². The maximum Gasteiger partial charge on any atom is 0.217 e. The summed E-state index contributed by atoms with van der Waals surface area (Å²) in [5.41, 5.74) is -0.764. The Morgan fingerprint density at radius 3 is 2.13 bits per heavy atom. The molecule has 1 heterocycles. The normalized spacial score (nSPS) is 11.7. The number of allylic oxidation sites excluding steroid dienone is 2. The van der Waals surface area contributed by atoms with E-state index < -0.39 is 5.41 Å². The van der Waals surface area contributed by atoms with Gasteiger partial charge in [0.05, 0.1) is 0 Å². The number of aromatic nitrogens is 1. The third-order valence-corrected chi connectivity index (χ3v) is 4.28. The molecule has 5 heteroatoms. The summed E-state index contributed by atoms with van der Waals surface area (Å²) >= 11 is 0. The molecule has 2 aromatic carbocycles. The van der Waals surface area contributed by atoms with E-state index >= 15 is 0 Å². The second-order valence-electron chi connectivity index (χ2n) is 9.09. The zero-order valence-corrected chi connectivity index (χ0v) is 21.3. The Morgan fingerprint density at radius 2 is 1.58 bits per heavy atom. The molecule has 0 spiro atoms. The predicted molar refractivity (Wildman–Crippen MR) is 122 cm³/mol. The molecule has 0 amide bonds. The molecule has 0 saturated heterocycles. The summed E-state index contributed by atoms with van der Waals surface area (Å²) in [6.07, 6.45) is 3.15. The topological polar surface area (TPSA) is 59.4 Å². The summed E-state index contributed by atoms with van der Waals surface area (Å²) in [6, 6.07) is 20.5. The third-order valence-electron chi connectivity index (χ3n) is 4.28. The van der Waals surface area contributed by atoms with Crippen molar-refractivity contribution in [3.8, 4) is 11.6 Å². The van der Waals surface area contributed by atoms with Gasteiger partial charge in [0.15, 0.2) is 5.78 Å². The molecule has 0 aliphatic carbocycles. The largest absolute Gasteiger partial charge is 0.512 e. The summed E-state index contributed by atoms with van der Waals surface area (Å²) in [5, 5.41) is 11.8. The first-order chi connectivity index (χ1) is 14.0. The van der Waals surface area contributed by atoms with Crippen molar-refractivity contribution in [1.29, 1.82) is 0 Å². The van der Waals surface area contributed by atoms with E-state index in [0.29, 0.717) is 11.6 Å². The number of nitrogens with zero attached hydrogens (tertiary/aromatic N) is 1. The standard InChI is InChI=1S/C15H10NO.C11H20O2.Ir/c1-2-8-14(9-3-1)17-15-10-12-6-4-5-7-13(12)11-16-15;1-10(2,3)8(12)7-9(13)11(4,5)6;/h1-8,10-11H;7,12H,1-6H3;/q-1;;. The molecule has 0 aliphatic rings. The van der Waals surface area contributed by atoms with E-state index in [1.807, 2.05) is 102 Å². The van der Waals surface area contributed by atoms with Crippen LogP contribution in [0.4, 0.5) is 0 Å². The number of para-hydroxylation sites is 1. The zero-order chi connectivity index (χ0) is 22.4. The van der Waals surface area contributed by atoms with Crippen LogP contribution in [-0.2, 0) is 24.9 Å². The number of benzene rings is 2. The summed E-state index contributed by atoms with van der Waals surface area (Å²) in [4.78, 5) is 15.7. The second-order valence-corrected chi connectivity index (χ2v) is 9.09. The number of pyridine rings is 1. The van der Waals surface area contributed by atoms with Gasteiger partial charge in [0.2, 0.25) is 5.88 Å². The molecular weight excluding hydrogens is 567 g/mol. The quantitative estimate of drug-likeness (QED) is 0.203. The van der Waals surface area contributed by atoms with Gasteiger partial charge < -0.3 is 9.84 Å². The minimum absolute atomic E-state index is 0. The molecule has 0 aliphatic heterocycles. The number of carbonyl (C=O) groups excluding carboxylic acids is 1. The average molecular weight is 597 g/mol. The van der Waals surface area contributed by atoms with E-state index in [4.69, 9.17) is 4.74 Å². The van der Waals surface area contributed by atoms with Crippen molar-refractivity contribution in [2.45, 2.75) is 41.5 Å². The molecule has 0 fully saturated rings. The van der Waals surface area contributed by atoms with Gasteiger partial charge in [-0.25, -0.2) is 4.98 Å².